The fourth-order valence-electron chi connectivity index (χ4n) is 2.52. The lowest BCUT2D eigenvalue weighted by Crippen LogP contribution is -2.21. The summed E-state index contributed by atoms with van der Waals surface area (Å²) >= 11 is 1.83. The van der Waals surface area contributed by atoms with Crippen molar-refractivity contribution < 1.29 is 0 Å². The van der Waals surface area contributed by atoms with E-state index in [-0.39, 0.29) is 0 Å². The second-order valence-electron chi connectivity index (χ2n) is 4.83. The van der Waals surface area contributed by atoms with E-state index in [1.54, 1.807) is 0 Å². The average Bonchev–Trinajstić information content (AvgIpc) is 2.94. The van der Waals surface area contributed by atoms with Gasteiger partial charge in [0.25, 0.3) is 0 Å². The van der Waals surface area contributed by atoms with Gasteiger partial charge in [-0.15, -0.1) is 11.3 Å². The molecule has 0 saturated heterocycles. The van der Waals surface area contributed by atoms with E-state index in [0.717, 1.165) is 5.01 Å². The Morgan fingerprint density at radius 2 is 2.33 bits per heavy atom. The van der Waals surface area contributed by atoms with Crippen molar-refractivity contribution in [3.8, 4) is 10.6 Å². The lowest BCUT2D eigenvalue weighted by molar-refractivity contribution is 0.490. The number of fused-ring (bicyclic) bond motifs is 1. The summed E-state index contributed by atoms with van der Waals surface area (Å²) < 4.78 is 1.91. The Kier molecular flexibility index (Phi) is 2.95. The summed E-state index contributed by atoms with van der Waals surface area (Å²) in [6.07, 6.45) is 5.54. The first-order valence-corrected chi connectivity index (χ1v) is 7.18. The van der Waals surface area contributed by atoms with Gasteiger partial charge in [0.2, 0.25) is 0 Å². The van der Waals surface area contributed by atoms with Crippen molar-refractivity contribution in [2.75, 3.05) is 7.05 Å². The van der Waals surface area contributed by atoms with Gasteiger partial charge in [0, 0.05) is 17.6 Å². The van der Waals surface area contributed by atoms with Gasteiger partial charge in [0.15, 0.2) is 0 Å². The van der Waals surface area contributed by atoms with Gasteiger partial charge in [-0.2, -0.15) is 5.10 Å². The van der Waals surface area contributed by atoms with E-state index in [9.17, 15) is 0 Å². The normalized spacial score (nSPS) is 18.9. The Bertz CT molecular complexity index is 570. The van der Waals surface area contributed by atoms with Crippen LogP contribution in [0.25, 0.3) is 10.6 Å². The van der Waals surface area contributed by atoms with Gasteiger partial charge in [-0.3, -0.25) is 4.68 Å². The summed E-state index contributed by atoms with van der Waals surface area (Å²) in [5.74, 6) is 0. The van der Waals surface area contributed by atoms with E-state index in [2.05, 4.69) is 17.3 Å². The molecule has 0 amide bonds. The molecule has 0 spiro atoms. The fraction of sp³-hybridized carbons (Fsp3) is 0.538. The Morgan fingerprint density at radius 3 is 3.00 bits per heavy atom. The Hall–Kier alpha value is -1.20. The van der Waals surface area contributed by atoms with E-state index in [1.165, 1.54) is 41.1 Å². The predicted molar refractivity (Wildman–Crippen MR) is 73.8 cm³/mol. The van der Waals surface area contributed by atoms with Crippen molar-refractivity contribution in [2.45, 2.75) is 32.2 Å². The molecule has 18 heavy (non-hydrogen) atoms. The smallest absolute Gasteiger partial charge is 0.127 e. The van der Waals surface area contributed by atoms with E-state index in [1.807, 2.05) is 36.3 Å². The van der Waals surface area contributed by atoms with E-state index < -0.39 is 0 Å². The van der Waals surface area contributed by atoms with Crippen LogP contribution >= 0.6 is 11.3 Å². The molecule has 0 radical (unpaired) electrons. The highest BCUT2D eigenvalue weighted by molar-refractivity contribution is 7.15. The number of thiazole rings is 1. The van der Waals surface area contributed by atoms with Crippen LogP contribution in [0.1, 0.15) is 35.1 Å². The number of nitrogens with zero attached hydrogens (tertiary/aromatic N) is 3. The quantitative estimate of drug-likeness (QED) is 0.904. The van der Waals surface area contributed by atoms with Gasteiger partial charge < -0.3 is 5.32 Å². The van der Waals surface area contributed by atoms with Crippen molar-refractivity contribution in [3.05, 3.63) is 22.5 Å². The highest BCUT2D eigenvalue weighted by Crippen LogP contribution is 2.37. The molecule has 1 aliphatic carbocycles. The molecule has 0 fully saturated rings. The van der Waals surface area contributed by atoms with Crippen LogP contribution in [0.3, 0.4) is 0 Å². The van der Waals surface area contributed by atoms with Crippen LogP contribution in [0, 0.1) is 6.92 Å². The minimum Gasteiger partial charge on any atom is -0.312 e. The zero-order chi connectivity index (χ0) is 12.7. The molecule has 1 N–H and O–H groups in total. The molecule has 2 aromatic heterocycles. The molecule has 1 aliphatic rings. The largest absolute Gasteiger partial charge is 0.312 e. The van der Waals surface area contributed by atoms with Crippen LogP contribution in [-0.2, 0) is 13.5 Å². The highest BCUT2D eigenvalue weighted by Gasteiger charge is 2.24. The maximum Gasteiger partial charge on any atom is 0.127 e. The number of hydrogen-bond donors (Lipinski definition) is 1. The number of hydrogen-bond acceptors (Lipinski definition) is 4. The number of aryl methyl sites for hydroxylation is 2. The summed E-state index contributed by atoms with van der Waals surface area (Å²) in [6, 6.07) is 0.427. The molecule has 1 atom stereocenters. The second-order valence-corrected chi connectivity index (χ2v) is 5.91. The third-order valence-corrected chi connectivity index (χ3v) is 4.93. The van der Waals surface area contributed by atoms with Crippen molar-refractivity contribution >= 4 is 11.3 Å². The van der Waals surface area contributed by atoms with Gasteiger partial charge in [-0.1, -0.05) is 0 Å². The van der Waals surface area contributed by atoms with Gasteiger partial charge in [-0.25, -0.2) is 4.98 Å². The summed E-state index contributed by atoms with van der Waals surface area (Å²) in [6.45, 7) is 2.10. The fourth-order valence-corrected chi connectivity index (χ4v) is 3.75. The van der Waals surface area contributed by atoms with Crippen LogP contribution in [0.5, 0.6) is 0 Å². The molecular formula is C13H18N4S. The van der Waals surface area contributed by atoms with E-state index in [4.69, 9.17) is 4.98 Å². The molecular weight excluding hydrogens is 244 g/mol. The first-order chi connectivity index (χ1) is 8.70. The van der Waals surface area contributed by atoms with Crippen LogP contribution in [0.4, 0.5) is 0 Å². The zero-order valence-corrected chi connectivity index (χ0v) is 11.8. The Morgan fingerprint density at radius 1 is 1.50 bits per heavy atom. The topological polar surface area (TPSA) is 42.7 Å². The molecule has 2 heterocycles. The van der Waals surface area contributed by atoms with Gasteiger partial charge in [0.05, 0.1) is 23.5 Å². The maximum absolute atomic E-state index is 4.85. The maximum atomic E-state index is 4.85. The average molecular weight is 262 g/mol. The standard InChI is InChI=1S/C13H18N4S/c1-8-9(7-15-17(8)3)13-16-12-10(14-2)5-4-6-11(12)18-13/h7,10,14H,4-6H2,1-3H3. The Balaban J connectivity index is 2.05. The van der Waals surface area contributed by atoms with Gasteiger partial charge >= 0.3 is 0 Å². The third kappa shape index (κ3) is 1.78. The van der Waals surface area contributed by atoms with Crippen LogP contribution in [0.2, 0.25) is 0 Å². The van der Waals surface area contributed by atoms with E-state index >= 15 is 0 Å². The Labute approximate surface area is 111 Å². The molecule has 0 saturated carbocycles. The monoisotopic (exact) mass is 262 g/mol. The number of aromatic nitrogens is 3. The first kappa shape index (κ1) is 11.9. The molecule has 5 heteroatoms. The van der Waals surface area contributed by atoms with Crippen molar-refractivity contribution in [3.63, 3.8) is 0 Å². The molecule has 0 aliphatic heterocycles. The minimum absolute atomic E-state index is 0.427. The van der Waals surface area contributed by atoms with Crippen LogP contribution in [-0.4, -0.2) is 21.8 Å². The van der Waals surface area contributed by atoms with Crippen LogP contribution < -0.4 is 5.32 Å². The zero-order valence-electron chi connectivity index (χ0n) is 11.0. The molecule has 96 valence electrons. The highest BCUT2D eigenvalue weighted by atomic mass is 32.1. The summed E-state index contributed by atoms with van der Waals surface area (Å²) in [7, 11) is 4.00. The van der Waals surface area contributed by atoms with E-state index in [0.29, 0.717) is 6.04 Å². The molecule has 4 nitrogen and oxygen atoms in total. The SMILES string of the molecule is CNC1CCCc2sc(-c3cnn(C)c3C)nc21. The second kappa shape index (κ2) is 4.48. The molecule has 3 rings (SSSR count). The molecule has 0 bridgehead atoms. The van der Waals surface area contributed by atoms with Crippen molar-refractivity contribution in [1.82, 2.24) is 20.1 Å². The summed E-state index contributed by atoms with van der Waals surface area (Å²) in [5, 5.41) is 8.79. The molecule has 2 aromatic rings. The van der Waals surface area contributed by atoms with Crippen molar-refractivity contribution in [1.29, 1.82) is 0 Å². The van der Waals surface area contributed by atoms with Crippen molar-refractivity contribution in [2.24, 2.45) is 7.05 Å². The predicted octanol–water partition coefficient (Wildman–Crippen LogP) is 2.45. The lowest BCUT2D eigenvalue weighted by atomic mass is 9.98. The first-order valence-electron chi connectivity index (χ1n) is 6.36. The minimum atomic E-state index is 0.427. The number of nitrogens with one attached hydrogen (secondary N) is 1. The van der Waals surface area contributed by atoms with Gasteiger partial charge in [-0.05, 0) is 33.2 Å². The summed E-state index contributed by atoms with van der Waals surface area (Å²) in [4.78, 5) is 6.29. The summed E-state index contributed by atoms with van der Waals surface area (Å²) in [5.41, 5.74) is 3.61. The number of rotatable bonds is 2. The van der Waals surface area contributed by atoms with Crippen LogP contribution in [0.15, 0.2) is 6.20 Å². The lowest BCUT2D eigenvalue weighted by Gasteiger charge is -2.19. The molecule has 1 unspecified atom stereocenters. The third-order valence-electron chi connectivity index (χ3n) is 3.77. The molecule has 0 aromatic carbocycles. The van der Waals surface area contributed by atoms with Gasteiger partial charge in [0.1, 0.15) is 5.01 Å².